The van der Waals surface area contributed by atoms with Gasteiger partial charge in [0.25, 0.3) is 5.91 Å². The van der Waals surface area contributed by atoms with Gasteiger partial charge in [0, 0.05) is 25.2 Å². The van der Waals surface area contributed by atoms with Gasteiger partial charge in [-0.15, -0.1) is 0 Å². The Bertz CT molecular complexity index is 1590. The second-order valence-corrected chi connectivity index (χ2v) is 10.7. The normalized spacial score (nSPS) is 20.6. The summed E-state index contributed by atoms with van der Waals surface area (Å²) in [5, 5.41) is 12.7. The van der Waals surface area contributed by atoms with Crippen molar-refractivity contribution in [2.24, 2.45) is 0 Å². The number of benzene rings is 3. The van der Waals surface area contributed by atoms with E-state index in [2.05, 4.69) is 0 Å². The van der Waals surface area contributed by atoms with Crippen molar-refractivity contribution in [2.75, 3.05) is 19.0 Å². The predicted molar refractivity (Wildman–Crippen MR) is 145 cm³/mol. The van der Waals surface area contributed by atoms with Gasteiger partial charge in [0.05, 0.1) is 16.2 Å². The second kappa shape index (κ2) is 9.02. The Balaban J connectivity index is 1.61. The SMILES string of the molecule is CN1C(=O)/C(=C\C2=CC=C(N(c3ccccc3)c3cccc4ccccc34)S2(=O)=O)C(O)N(C)C1=S. The van der Waals surface area contributed by atoms with Crippen LogP contribution in [0.4, 0.5) is 11.4 Å². The Morgan fingerprint density at radius 1 is 0.944 bits per heavy atom. The maximum Gasteiger partial charge on any atom is 0.260 e. The fraction of sp³-hybridized carbons (Fsp3) is 0.111. The molecule has 2 aliphatic heterocycles. The number of likely N-dealkylation sites (N-methyl/N-ethyl adjacent to an activating group) is 2. The van der Waals surface area contributed by atoms with Crippen LogP contribution in [0.25, 0.3) is 10.8 Å². The van der Waals surface area contributed by atoms with E-state index in [1.54, 1.807) is 11.9 Å². The van der Waals surface area contributed by atoms with Crippen molar-refractivity contribution in [3.63, 3.8) is 0 Å². The number of carbonyl (C=O) groups is 1. The topological polar surface area (TPSA) is 81.2 Å². The van der Waals surface area contributed by atoms with Gasteiger partial charge < -0.3 is 10.0 Å². The van der Waals surface area contributed by atoms with Crippen LogP contribution >= 0.6 is 12.2 Å². The van der Waals surface area contributed by atoms with E-state index in [1.165, 1.54) is 35.1 Å². The van der Waals surface area contributed by atoms with Crippen molar-refractivity contribution in [3.8, 4) is 0 Å². The number of thiocarbonyl (C=S) groups is 1. The van der Waals surface area contributed by atoms with Crippen molar-refractivity contribution in [3.05, 3.63) is 107 Å². The fourth-order valence-electron chi connectivity index (χ4n) is 4.37. The summed E-state index contributed by atoms with van der Waals surface area (Å²) in [5.74, 6) is -0.552. The van der Waals surface area contributed by atoms with Crippen LogP contribution in [0.2, 0.25) is 0 Å². The number of aliphatic hydroxyl groups is 1. The molecule has 1 amide bonds. The summed E-state index contributed by atoms with van der Waals surface area (Å²) in [6.07, 6.45) is 2.84. The van der Waals surface area contributed by atoms with Gasteiger partial charge in [0.2, 0.25) is 9.84 Å². The number of carbonyl (C=O) groups excluding carboxylic acids is 1. The molecule has 3 aromatic rings. The first-order valence-corrected chi connectivity index (χ1v) is 13.1. The molecule has 0 radical (unpaired) electrons. The standard InChI is InChI=1S/C27H23N3O4S2/c1-28-25(31)22(26(32)29(2)27(28)35)17-20-15-16-24(36(20,33)34)30(19-11-4-3-5-12-19)23-14-8-10-18-9-6-7-13-21(18)23/h3-17,25,31H,1-2H3/b22-17-. The molecule has 1 unspecified atom stereocenters. The minimum absolute atomic E-state index is 0.0480. The van der Waals surface area contributed by atoms with Gasteiger partial charge in [0.15, 0.2) is 11.3 Å². The molecule has 1 saturated heterocycles. The highest BCUT2D eigenvalue weighted by Gasteiger charge is 2.38. The van der Waals surface area contributed by atoms with Crippen LogP contribution < -0.4 is 4.90 Å². The molecular weight excluding hydrogens is 494 g/mol. The van der Waals surface area contributed by atoms with Gasteiger partial charge in [-0.1, -0.05) is 54.6 Å². The second-order valence-electron chi connectivity index (χ2n) is 8.48. The van der Waals surface area contributed by atoms with Gasteiger partial charge in [0.1, 0.15) is 5.03 Å². The molecule has 0 aromatic heterocycles. The number of anilines is 2. The van der Waals surface area contributed by atoms with E-state index < -0.39 is 22.0 Å². The number of sulfone groups is 1. The Kier molecular flexibility index (Phi) is 5.99. The molecule has 1 atom stereocenters. The monoisotopic (exact) mass is 517 g/mol. The fourth-order valence-corrected chi connectivity index (χ4v) is 6.01. The molecule has 0 bridgehead atoms. The maximum atomic E-state index is 13.9. The van der Waals surface area contributed by atoms with E-state index in [-0.39, 0.29) is 20.6 Å². The predicted octanol–water partition coefficient (Wildman–Crippen LogP) is 4.07. The molecular formula is C27H23N3O4S2. The molecule has 2 heterocycles. The van der Waals surface area contributed by atoms with Crippen molar-refractivity contribution in [1.29, 1.82) is 0 Å². The van der Waals surface area contributed by atoms with Crippen molar-refractivity contribution < 1.29 is 18.3 Å². The van der Waals surface area contributed by atoms with Crippen LogP contribution in [-0.2, 0) is 14.6 Å². The first-order chi connectivity index (χ1) is 17.2. The largest absolute Gasteiger partial charge is 0.369 e. The van der Waals surface area contributed by atoms with Gasteiger partial charge in [-0.05, 0) is 54.0 Å². The number of hydrogen-bond donors (Lipinski definition) is 1. The Labute approximate surface area is 214 Å². The molecule has 182 valence electrons. The number of rotatable bonds is 4. The van der Waals surface area contributed by atoms with Gasteiger partial charge >= 0.3 is 0 Å². The Morgan fingerprint density at radius 2 is 1.61 bits per heavy atom. The number of para-hydroxylation sites is 1. The highest BCUT2D eigenvalue weighted by molar-refractivity contribution is 7.99. The highest BCUT2D eigenvalue weighted by atomic mass is 32.2. The Morgan fingerprint density at radius 3 is 2.36 bits per heavy atom. The summed E-state index contributed by atoms with van der Waals surface area (Å²) >= 11 is 5.18. The van der Waals surface area contributed by atoms with Gasteiger partial charge in [-0.3, -0.25) is 14.6 Å². The lowest BCUT2D eigenvalue weighted by Gasteiger charge is -2.37. The number of fused-ring (bicyclic) bond motifs is 1. The van der Waals surface area contributed by atoms with Crippen LogP contribution in [0.3, 0.4) is 0 Å². The lowest BCUT2D eigenvalue weighted by Crippen LogP contribution is -2.55. The van der Waals surface area contributed by atoms with E-state index in [4.69, 9.17) is 12.2 Å². The van der Waals surface area contributed by atoms with Crippen molar-refractivity contribution in [2.45, 2.75) is 6.23 Å². The minimum atomic E-state index is -4.05. The summed E-state index contributed by atoms with van der Waals surface area (Å²) in [5.41, 5.74) is 1.30. The van der Waals surface area contributed by atoms with E-state index in [0.717, 1.165) is 10.8 Å². The van der Waals surface area contributed by atoms with Crippen LogP contribution in [0.15, 0.2) is 107 Å². The number of nitrogens with zero attached hydrogens (tertiary/aromatic N) is 3. The average Bonchev–Trinajstić information content (AvgIpc) is 3.18. The zero-order valence-electron chi connectivity index (χ0n) is 19.6. The minimum Gasteiger partial charge on any atom is -0.369 e. The molecule has 5 rings (SSSR count). The van der Waals surface area contributed by atoms with Gasteiger partial charge in [-0.25, -0.2) is 8.42 Å². The third-order valence-corrected chi connectivity index (χ3v) is 8.61. The van der Waals surface area contributed by atoms with Crippen LogP contribution in [-0.4, -0.2) is 54.7 Å². The highest BCUT2D eigenvalue weighted by Crippen LogP contribution is 2.41. The average molecular weight is 518 g/mol. The third-order valence-electron chi connectivity index (χ3n) is 6.30. The van der Waals surface area contributed by atoms with E-state index in [1.807, 2.05) is 72.8 Å². The molecule has 1 N–H and O–H groups in total. The van der Waals surface area contributed by atoms with E-state index >= 15 is 0 Å². The first-order valence-electron chi connectivity index (χ1n) is 11.2. The maximum absolute atomic E-state index is 13.9. The molecule has 0 spiro atoms. The number of amides is 1. The van der Waals surface area contributed by atoms with Crippen molar-refractivity contribution >= 4 is 55.2 Å². The zero-order chi connectivity index (χ0) is 25.6. The molecule has 1 fully saturated rings. The summed E-state index contributed by atoms with van der Waals surface area (Å²) in [4.78, 5) is 17.0. The number of hydrogen-bond acceptors (Lipinski definition) is 6. The summed E-state index contributed by atoms with van der Waals surface area (Å²) in [6.45, 7) is 0. The lowest BCUT2D eigenvalue weighted by molar-refractivity contribution is -0.126. The van der Waals surface area contributed by atoms with Crippen LogP contribution in [0, 0.1) is 0 Å². The molecule has 3 aromatic carbocycles. The zero-order valence-corrected chi connectivity index (χ0v) is 21.2. The summed E-state index contributed by atoms with van der Waals surface area (Å²) in [6, 6.07) is 22.7. The smallest absolute Gasteiger partial charge is 0.260 e. The van der Waals surface area contributed by atoms with Crippen LogP contribution in [0.5, 0.6) is 0 Å². The number of allylic oxidation sites excluding steroid dienone is 3. The molecule has 0 aliphatic carbocycles. The third kappa shape index (κ3) is 3.81. The molecule has 36 heavy (non-hydrogen) atoms. The summed E-state index contributed by atoms with van der Waals surface area (Å²) in [7, 11) is -1.02. The lowest BCUT2D eigenvalue weighted by atomic mass is 10.1. The van der Waals surface area contributed by atoms with Gasteiger partial charge in [-0.2, -0.15) is 0 Å². The molecule has 2 aliphatic rings. The molecule has 0 saturated carbocycles. The quantitative estimate of drug-likeness (QED) is 0.413. The number of aliphatic hydroxyl groups excluding tert-OH is 1. The van der Waals surface area contributed by atoms with E-state index in [0.29, 0.717) is 11.4 Å². The van der Waals surface area contributed by atoms with Crippen LogP contribution in [0.1, 0.15) is 0 Å². The summed E-state index contributed by atoms with van der Waals surface area (Å²) < 4.78 is 27.7. The van der Waals surface area contributed by atoms with E-state index in [9.17, 15) is 18.3 Å². The Hall–Kier alpha value is -3.79. The van der Waals surface area contributed by atoms with Crippen molar-refractivity contribution in [1.82, 2.24) is 9.80 Å². The molecule has 7 nitrogen and oxygen atoms in total. The molecule has 9 heteroatoms. The first kappa shape index (κ1) is 23.9.